The number of carbonyl (C=O) groups is 2. The Hall–Kier alpha value is -3.44. The number of nitrogens with zero attached hydrogens (tertiary/aromatic N) is 4. The van der Waals surface area contributed by atoms with Gasteiger partial charge in [-0.25, -0.2) is 4.98 Å². The van der Waals surface area contributed by atoms with E-state index in [-0.39, 0.29) is 30.5 Å². The van der Waals surface area contributed by atoms with Crippen molar-refractivity contribution in [3.8, 4) is 5.75 Å². The molecule has 1 saturated carbocycles. The predicted octanol–water partition coefficient (Wildman–Crippen LogP) is 3.21. The summed E-state index contributed by atoms with van der Waals surface area (Å²) in [6.45, 7) is 8.22. The van der Waals surface area contributed by atoms with Gasteiger partial charge in [0, 0.05) is 43.9 Å². The summed E-state index contributed by atoms with van der Waals surface area (Å²) in [4.78, 5) is 39.3. The van der Waals surface area contributed by atoms with Crippen LogP contribution in [0.2, 0.25) is 0 Å². The van der Waals surface area contributed by atoms with Gasteiger partial charge in [-0.3, -0.25) is 9.59 Å². The molecule has 41 heavy (non-hydrogen) atoms. The summed E-state index contributed by atoms with van der Waals surface area (Å²) < 4.78 is 5.65. The van der Waals surface area contributed by atoms with Gasteiger partial charge in [0.15, 0.2) is 5.82 Å². The lowest BCUT2D eigenvalue weighted by atomic mass is 9.63. The largest absolute Gasteiger partial charge is 0.495 e. The van der Waals surface area contributed by atoms with Gasteiger partial charge >= 0.3 is 0 Å². The molecular formula is C30H43N7O4. The first-order chi connectivity index (χ1) is 19.6. The van der Waals surface area contributed by atoms with Crippen molar-refractivity contribution in [1.82, 2.24) is 20.6 Å². The first-order valence-corrected chi connectivity index (χ1v) is 14.7. The fourth-order valence-electron chi connectivity index (χ4n) is 6.55. The molecule has 0 radical (unpaired) electrons. The highest BCUT2D eigenvalue weighted by molar-refractivity contribution is 6.04. The van der Waals surface area contributed by atoms with Gasteiger partial charge in [-0.05, 0) is 76.0 Å². The van der Waals surface area contributed by atoms with E-state index in [0.29, 0.717) is 52.7 Å². The van der Waals surface area contributed by atoms with Gasteiger partial charge in [0.2, 0.25) is 11.9 Å². The molecule has 11 nitrogen and oxygen atoms in total. The zero-order chi connectivity index (χ0) is 29.4. The summed E-state index contributed by atoms with van der Waals surface area (Å²) in [5.74, 6) is 1.40. The third-order valence-electron chi connectivity index (χ3n) is 9.20. The standard InChI is InChI=1S/C30H43N7O4/c1-6-22-27(40)36(4)23-16-32-28(34-25(23)37(22)19(2)3)33-21-8-7-20(15-24(21)41-5)26(39)35-30(13-14-38)11-9-29(10-12-30)17-31-18-29/h7-8,15-16,19,22,31,38H,6,9-14,17-18H2,1-5H3,(H,35,39)(H,32,33,34)/t22-/m1/s1. The number of methoxy groups -OCH3 is 1. The van der Waals surface area contributed by atoms with Gasteiger partial charge in [-0.1, -0.05) is 6.92 Å². The van der Waals surface area contributed by atoms with Crippen LogP contribution in [0.15, 0.2) is 24.4 Å². The molecule has 1 aromatic carbocycles. The number of benzene rings is 1. The van der Waals surface area contributed by atoms with Crippen LogP contribution in [-0.4, -0.2) is 78.4 Å². The molecule has 222 valence electrons. The molecule has 2 fully saturated rings. The fourth-order valence-corrected chi connectivity index (χ4v) is 6.55. The van der Waals surface area contributed by atoms with Crippen LogP contribution >= 0.6 is 0 Å². The zero-order valence-corrected chi connectivity index (χ0v) is 24.8. The van der Waals surface area contributed by atoms with E-state index in [0.717, 1.165) is 38.8 Å². The number of rotatable bonds is 9. The topological polar surface area (TPSA) is 132 Å². The number of carbonyl (C=O) groups excluding carboxylic acids is 2. The second kappa shape index (κ2) is 11.4. The predicted molar refractivity (Wildman–Crippen MR) is 159 cm³/mol. The van der Waals surface area contributed by atoms with E-state index in [4.69, 9.17) is 9.72 Å². The third-order valence-corrected chi connectivity index (χ3v) is 9.20. The number of hydrogen-bond donors (Lipinski definition) is 4. The Kier molecular flexibility index (Phi) is 8.11. The first kappa shape index (κ1) is 29.1. The van der Waals surface area contributed by atoms with Gasteiger partial charge < -0.3 is 35.6 Å². The Balaban J connectivity index is 1.35. The minimum atomic E-state index is -0.402. The second-order valence-corrected chi connectivity index (χ2v) is 12.1. The van der Waals surface area contributed by atoms with Crippen molar-refractivity contribution in [1.29, 1.82) is 0 Å². The summed E-state index contributed by atoms with van der Waals surface area (Å²) in [6.07, 6.45) is 6.69. The molecule has 0 unspecified atom stereocenters. The van der Waals surface area contributed by atoms with Crippen LogP contribution in [0.4, 0.5) is 23.1 Å². The number of anilines is 4. The average molecular weight is 566 g/mol. The molecule has 1 aromatic heterocycles. The SMILES string of the molecule is CC[C@@H]1C(=O)N(C)c2cnc(Nc3ccc(C(=O)NC4(CCO)CCC5(CC4)CNC5)cc3OC)nc2N1C(C)C. The summed E-state index contributed by atoms with van der Waals surface area (Å²) in [5, 5.41) is 19.7. The molecule has 3 aliphatic rings. The van der Waals surface area contributed by atoms with Crippen LogP contribution in [0.3, 0.4) is 0 Å². The molecule has 2 aromatic rings. The minimum Gasteiger partial charge on any atom is -0.495 e. The highest BCUT2D eigenvalue weighted by atomic mass is 16.5. The maximum atomic E-state index is 13.4. The maximum absolute atomic E-state index is 13.4. The molecule has 5 rings (SSSR count). The molecule has 1 atom stereocenters. The van der Waals surface area contributed by atoms with Crippen molar-refractivity contribution in [2.45, 2.75) is 76.9 Å². The van der Waals surface area contributed by atoms with E-state index in [9.17, 15) is 14.7 Å². The monoisotopic (exact) mass is 565 g/mol. The van der Waals surface area contributed by atoms with Crippen molar-refractivity contribution >= 4 is 35.0 Å². The van der Waals surface area contributed by atoms with Crippen LogP contribution in [-0.2, 0) is 4.79 Å². The lowest BCUT2D eigenvalue weighted by Gasteiger charge is -2.51. The van der Waals surface area contributed by atoms with Crippen LogP contribution < -0.4 is 30.5 Å². The Labute approximate surface area is 242 Å². The molecule has 11 heteroatoms. The quantitative estimate of drug-likeness (QED) is 0.362. The van der Waals surface area contributed by atoms with E-state index in [1.807, 2.05) is 25.7 Å². The second-order valence-electron chi connectivity index (χ2n) is 12.1. The van der Waals surface area contributed by atoms with E-state index < -0.39 is 5.54 Å². The number of aliphatic hydroxyl groups is 1. The van der Waals surface area contributed by atoms with E-state index >= 15 is 0 Å². The Morgan fingerprint density at radius 1 is 1.24 bits per heavy atom. The zero-order valence-electron chi connectivity index (χ0n) is 24.8. The van der Waals surface area contributed by atoms with Gasteiger partial charge in [0.05, 0.1) is 19.0 Å². The lowest BCUT2D eigenvalue weighted by Crippen LogP contribution is -2.60. The number of amides is 2. The van der Waals surface area contributed by atoms with E-state index in [2.05, 4.69) is 20.9 Å². The van der Waals surface area contributed by atoms with Crippen molar-refractivity contribution in [3.63, 3.8) is 0 Å². The molecule has 4 N–H and O–H groups in total. The van der Waals surface area contributed by atoms with Crippen LogP contribution in [0.25, 0.3) is 0 Å². The fraction of sp³-hybridized carbons (Fsp3) is 0.600. The number of fused-ring (bicyclic) bond motifs is 1. The summed E-state index contributed by atoms with van der Waals surface area (Å²) in [7, 11) is 3.31. The number of ether oxygens (including phenoxy) is 1. The number of aliphatic hydroxyl groups excluding tert-OH is 1. The van der Waals surface area contributed by atoms with E-state index in [1.54, 1.807) is 43.5 Å². The number of nitrogens with one attached hydrogen (secondary N) is 3. The van der Waals surface area contributed by atoms with Gasteiger partial charge in [0.25, 0.3) is 5.91 Å². The molecular weight excluding hydrogens is 522 g/mol. The summed E-state index contributed by atoms with van der Waals surface area (Å²) >= 11 is 0. The number of likely N-dealkylation sites (N-methyl/N-ethyl adjacent to an activating group) is 1. The Bertz CT molecular complexity index is 1290. The highest BCUT2D eigenvalue weighted by Crippen LogP contribution is 2.45. The smallest absolute Gasteiger partial charge is 0.251 e. The molecule has 3 heterocycles. The van der Waals surface area contributed by atoms with Crippen molar-refractivity contribution in [2.24, 2.45) is 5.41 Å². The summed E-state index contributed by atoms with van der Waals surface area (Å²) in [5.41, 5.74) is 1.72. The molecule has 2 aliphatic heterocycles. The van der Waals surface area contributed by atoms with Gasteiger partial charge in [0.1, 0.15) is 17.5 Å². The lowest BCUT2D eigenvalue weighted by molar-refractivity contribution is -0.120. The van der Waals surface area contributed by atoms with Crippen LogP contribution in [0.5, 0.6) is 5.75 Å². The van der Waals surface area contributed by atoms with E-state index in [1.165, 1.54) is 0 Å². The molecule has 1 aliphatic carbocycles. The van der Waals surface area contributed by atoms with Gasteiger partial charge in [-0.2, -0.15) is 4.98 Å². The summed E-state index contributed by atoms with van der Waals surface area (Å²) in [6, 6.07) is 5.03. The van der Waals surface area contributed by atoms with Crippen molar-refractivity contribution < 1.29 is 19.4 Å². The molecule has 0 bridgehead atoms. The van der Waals surface area contributed by atoms with Crippen LogP contribution in [0, 0.1) is 5.41 Å². The highest BCUT2D eigenvalue weighted by Gasteiger charge is 2.46. The Morgan fingerprint density at radius 3 is 2.56 bits per heavy atom. The minimum absolute atomic E-state index is 0.0297. The van der Waals surface area contributed by atoms with Crippen molar-refractivity contribution in [3.05, 3.63) is 30.0 Å². The van der Waals surface area contributed by atoms with Crippen LogP contribution in [0.1, 0.15) is 69.7 Å². The molecule has 1 spiro atoms. The average Bonchev–Trinajstić information content (AvgIpc) is 2.94. The van der Waals surface area contributed by atoms with Gasteiger partial charge in [-0.15, -0.1) is 0 Å². The number of aromatic nitrogens is 2. The third kappa shape index (κ3) is 5.44. The normalized spacial score (nSPS) is 21.0. The molecule has 1 saturated heterocycles. The number of hydrogen-bond acceptors (Lipinski definition) is 9. The molecule has 2 amide bonds. The van der Waals surface area contributed by atoms with Crippen molar-refractivity contribution in [2.75, 3.05) is 49.0 Å². The Morgan fingerprint density at radius 2 is 1.98 bits per heavy atom. The maximum Gasteiger partial charge on any atom is 0.251 e. The first-order valence-electron chi connectivity index (χ1n) is 14.7.